The van der Waals surface area contributed by atoms with Gasteiger partial charge in [0.25, 0.3) is 0 Å². The van der Waals surface area contributed by atoms with Crippen molar-refractivity contribution in [1.29, 1.82) is 5.26 Å². The summed E-state index contributed by atoms with van der Waals surface area (Å²) in [6.45, 7) is 0.440. The molecule has 6 heteroatoms. The third kappa shape index (κ3) is 3.65. The van der Waals surface area contributed by atoms with Crippen LogP contribution >= 0.6 is 0 Å². The Hall–Kier alpha value is -2.16. The minimum Gasteiger partial charge on any atom is -0.462 e. The van der Waals surface area contributed by atoms with E-state index in [9.17, 15) is 13.6 Å². The van der Waals surface area contributed by atoms with Crippen LogP contribution in [0.4, 0.5) is 8.78 Å². The zero-order valence-corrected chi connectivity index (χ0v) is 10.6. The Balaban J connectivity index is 3.32. The quantitative estimate of drug-likeness (QED) is 0.771. The van der Waals surface area contributed by atoms with Crippen LogP contribution in [0, 0.1) is 11.3 Å². The highest BCUT2D eigenvalue weighted by Gasteiger charge is 2.19. The molecule has 102 valence electrons. The van der Waals surface area contributed by atoms with Gasteiger partial charge in [0, 0.05) is 0 Å². The summed E-state index contributed by atoms with van der Waals surface area (Å²) in [7, 11) is 0. The molecule has 0 bridgehead atoms. The summed E-state index contributed by atoms with van der Waals surface area (Å²) in [5.41, 5.74) is 0.677. The molecule has 0 radical (unpaired) electrons. The summed E-state index contributed by atoms with van der Waals surface area (Å²) >= 11 is 0. The van der Waals surface area contributed by atoms with Crippen molar-refractivity contribution in [2.75, 3.05) is 6.61 Å². The molecular formula is C13H13F2NO3. The van der Waals surface area contributed by atoms with Crippen molar-refractivity contribution >= 4 is 5.97 Å². The van der Waals surface area contributed by atoms with Gasteiger partial charge in [-0.2, -0.15) is 14.0 Å². The van der Waals surface area contributed by atoms with Crippen molar-refractivity contribution in [2.24, 2.45) is 0 Å². The van der Waals surface area contributed by atoms with Crippen molar-refractivity contribution in [1.82, 2.24) is 0 Å². The van der Waals surface area contributed by atoms with E-state index in [-0.39, 0.29) is 23.5 Å². The first-order chi connectivity index (χ1) is 9.03. The number of hydrogen-bond acceptors (Lipinski definition) is 4. The summed E-state index contributed by atoms with van der Waals surface area (Å²) in [6, 6.07) is 4.37. The zero-order valence-electron chi connectivity index (χ0n) is 10.6. The van der Waals surface area contributed by atoms with Gasteiger partial charge in [0.15, 0.2) is 0 Å². The van der Waals surface area contributed by atoms with E-state index in [4.69, 9.17) is 10.00 Å². The van der Waals surface area contributed by atoms with Crippen molar-refractivity contribution in [3.8, 4) is 11.8 Å². The summed E-state index contributed by atoms with van der Waals surface area (Å²) in [6.07, 6.45) is 0.490. The van der Waals surface area contributed by atoms with Gasteiger partial charge in [0.1, 0.15) is 11.3 Å². The first kappa shape index (κ1) is 14.9. The largest absolute Gasteiger partial charge is 0.462 e. The molecule has 4 nitrogen and oxygen atoms in total. The number of halogens is 2. The number of aryl methyl sites for hydroxylation is 1. The molecule has 0 aliphatic carbocycles. The van der Waals surface area contributed by atoms with E-state index in [1.54, 1.807) is 13.8 Å². The van der Waals surface area contributed by atoms with Gasteiger partial charge in [-0.15, -0.1) is 0 Å². The topological polar surface area (TPSA) is 59.3 Å². The van der Waals surface area contributed by atoms with Crippen LogP contribution in [0.2, 0.25) is 0 Å². The summed E-state index contributed by atoms with van der Waals surface area (Å²) < 4.78 is 33.7. The van der Waals surface area contributed by atoms with E-state index in [2.05, 4.69) is 4.74 Å². The minimum atomic E-state index is -3.08. The SMILES string of the molecule is CCOC(=O)c1cc(CC)c(C#N)cc1OC(F)F. The van der Waals surface area contributed by atoms with Gasteiger partial charge in [-0.05, 0) is 31.0 Å². The van der Waals surface area contributed by atoms with E-state index in [0.29, 0.717) is 12.0 Å². The third-order valence-electron chi connectivity index (χ3n) is 2.42. The van der Waals surface area contributed by atoms with Gasteiger partial charge >= 0.3 is 12.6 Å². The maximum absolute atomic E-state index is 12.3. The number of nitriles is 1. The van der Waals surface area contributed by atoms with E-state index >= 15 is 0 Å². The average Bonchev–Trinajstić information content (AvgIpc) is 2.37. The molecule has 0 aliphatic heterocycles. The molecule has 0 N–H and O–H groups in total. The number of rotatable bonds is 5. The normalized spacial score (nSPS) is 10.1. The molecule has 1 aromatic rings. The fourth-order valence-corrected chi connectivity index (χ4v) is 1.58. The second kappa shape index (κ2) is 6.69. The number of hydrogen-bond donors (Lipinski definition) is 0. The van der Waals surface area contributed by atoms with E-state index in [1.165, 1.54) is 6.07 Å². The second-order valence-electron chi connectivity index (χ2n) is 3.57. The van der Waals surface area contributed by atoms with Gasteiger partial charge in [-0.1, -0.05) is 6.92 Å². The highest BCUT2D eigenvalue weighted by molar-refractivity contribution is 5.93. The smallest absolute Gasteiger partial charge is 0.387 e. The lowest BCUT2D eigenvalue weighted by Crippen LogP contribution is -2.12. The molecular weight excluding hydrogens is 256 g/mol. The maximum Gasteiger partial charge on any atom is 0.387 e. The fourth-order valence-electron chi connectivity index (χ4n) is 1.58. The number of benzene rings is 1. The molecule has 0 saturated carbocycles. The van der Waals surface area contributed by atoms with Crippen LogP contribution in [0.15, 0.2) is 12.1 Å². The molecule has 0 amide bonds. The summed E-state index contributed by atoms with van der Waals surface area (Å²) in [4.78, 5) is 11.7. The Morgan fingerprint density at radius 1 is 1.42 bits per heavy atom. The fraction of sp³-hybridized carbons (Fsp3) is 0.385. The van der Waals surface area contributed by atoms with Gasteiger partial charge in [-0.25, -0.2) is 4.79 Å². The Bertz CT molecular complexity index is 509. The number of ether oxygens (including phenoxy) is 2. The number of carbonyl (C=O) groups excluding carboxylic acids is 1. The average molecular weight is 269 g/mol. The molecule has 1 aromatic carbocycles. The van der Waals surface area contributed by atoms with E-state index < -0.39 is 12.6 Å². The highest BCUT2D eigenvalue weighted by Crippen LogP contribution is 2.26. The molecule has 0 saturated heterocycles. The van der Waals surface area contributed by atoms with Crippen LogP contribution in [0.1, 0.15) is 35.3 Å². The molecule has 19 heavy (non-hydrogen) atoms. The lowest BCUT2D eigenvalue weighted by atomic mass is 10.0. The Kier molecular flexibility index (Phi) is 5.24. The molecule has 1 rings (SSSR count). The van der Waals surface area contributed by atoms with Crippen LogP contribution in [-0.2, 0) is 11.2 Å². The maximum atomic E-state index is 12.3. The molecule has 0 fully saturated rings. The number of alkyl halides is 2. The number of nitrogens with zero attached hydrogens (tertiary/aromatic N) is 1. The summed E-state index contributed by atoms with van der Waals surface area (Å²) in [5.74, 6) is -1.10. The summed E-state index contributed by atoms with van der Waals surface area (Å²) in [5, 5.41) is 8.93. The molecule has 0 heterocycles. The molecule has 0 aromatic heterocycles. The number of carbonyl (C=O) groups is 1. The van der Waals surface area contributed by atoms with Crippen molar-refractivity contribution in [3.63, 3.8) is 0 Å². The molecule has 0 unspecified atom stereocenters. The first-order valence-electron chi connectivity index (χ1n) is 5.72. The van der Waals surface area contributed by atoms with E-state index in [1.807, 2.05) is 6.07 Å². The van der Waals surface area contributed by atoms with Gasteiger partial charge in [0.05, 0.1) is 18.2 Å². The Morgan fingerprint density at radius 2 is 2.11 bits per heavy atom. The Morgan fingerprint density at radius 3 is 2.58 bits per heavy atom. The number of esters is 1. The van der Waals surface area contributed by atoms with Crippen molar-refractivity contribution in [2.45, 2.75) is 26.9 Å². The lowest BCUT2D eigenvalue weighted by molar-refractivity contribution is -0.0504. The van der Waals surface area contributed by atoms with Crippen LogP contribution in [-0.4, -0.2) is 19.2 Å². The minimum absolute atomic E-state index is 0.0991. The molecule has 0 aliphatic rings. The van der Waals surface area contributed by atoms with Crippen LogP contribution < -0.4 is 4.74 Å². The predicted octanol–water partition coefficient (Wildman–Crippen LogP) is 2.90. The van der Waals surface area contributed by atoms with Gasteiger partial charge < -0.3 is 9.47 Å². The monoisotopic (exact) mass is 269 g/mol. The molecule has 0 spiro atoms. The lowest BCUT2D eigenvalue weighted by Gasteiger charge is -2.12. The third-order valence-corrected chi connectivity index (χ3v) is 2.42. The van der Waals surface area contributed by atoms with Crippen LogP contribution in [0.5, 0.6) is 5.75 Å². The Labute approximate surface area is 109 Å². The van der Waals surface area contributed by atoms with Gasteiger partial charge in [-0.3, -0.25) is 0 Å². The predicted molar refractivity (Wildman–Crippen MR) is 63.1 cm³/mol. The van der Waals surface area contributed by atoms with Crippen molar-refractivity contribution in [3.05, 3.63) is 28.8 Å². The second-order valence-corrected chi connectivity index (χ2v) is 3.57. The zero-order chi connectivity index (χ0) is 14.4. The van der Waals surface area contributed by atoms with Crippen LogP contribution in [0.3, 0.4) is 0 Å². The first-order valence-corrected chi connectivity index (χ1v) is 5.72. The van der Waals surface area contributed by atoms with Gasteiger partial charge in [0.2, 0.25) is 0 Å². The molecule has 0 atom stereocenters. The van der Waals surface area contributed by atoms with Crippen LogP contribution in [0.25, 0.3) is 0 Å². The highest BCUT2D eigenvalue weighted by atomic mass is 19.3. The van der Waals surface area contributed by atoms with E-state index in [0.717, 1.165) is 6.07 Å². The van der Waals surface area contributed by atoms with Crippen molar-refractivity contribution < 1.29 is 23.0 Å². The standard InChI is InChI=1S/C13H13F2NO3/c1-3-8-5-10(12(17)18-4-2)11(19-13(14)15)6-9(8)7-16/h5-6,13H,3-4H2,1-2H3.